The highest BCUT2D eigenvalue weighted by Gasteiger charge is 2.47. The first-order chi connectivity index (χ1) is 8.50. The largest absolute Gasteiger partial charge is 0.339 e. The van der Waals surface area contributed by atoms with Crippen molar-refractivity contribution in [3.05, 3.63) is 0 Å². The summed E-state index contributed by atoms with van der Waals surface area (Å²) in [5.74, 6) is 0.606. The number of likely N-dealkylation sites (N-methyl/N-ethyl adjacent to an activating group) is 1. The molecule has 0 radical (unpaired) electrons. The molecule has 2 aliphatic heterocycles. The molecule has 1 aliphatic carbocycles. The molecule has 102 valence electrons. The smallest absolute Gasteiger partial charge is 0.242 e. The van der Waals surface area contributed by atoms with Crippen molar-refractivity contribution >= 4 is 5.91 Å². The van der Waals surface area contributed by atoms with Gasteiger partial charge in [-0.2, -0.15) is 0 Å². The molecule has 3 unspecified atom stereocenters. The summed E-state index contributed by atoms with van der Waals surface area (Å²) in [6.07, 6.45) is 5.89. The average molecular weight is 251 g/mol. The monoisotopic (exact) mass is 251 g/mol. The Balaban J connectivity index is 1.71. The molecule has 18 heavy (non-hydrogen) atoms. The zero-order valence-electron chi connectivity index (χ0n) is 11.6. The maximum Gasteiger partial charge on any atom is 0.242 e. The molecular formula is C14H25N3O. The first-order valence-corrected chi connectivity index (χ1v) is 7.30. The lowest BCUT2D eigenvalue weighted by Gasteiger charge is -2.33. The molecule has 0 aromatic heterocycles. The van der Waals surface area contributed by atoms with Crippen molar-refractivity contribution in [2.75, 3.05) is 20.1 Å². The van der Waals surface area contributed by atoms with E-state index in [1.54, 1.807) is 0 Å². The van der Waals surface area contributed by atoms with Crippen LogP contribution in [0.1, 0.15) is 39.0 Å². The van der Waals surface area contributed by atoms with Crippen LogP contribution in [0.2, 0.25) is 0 Å². The number of nitrogens with two attached hydrogens (primary N) is 1. The highest BCUT2D eigenvalue weighted by Crippen LogP contribution is 2.39. The molecule has 0 aromatic carbocycles. The number of rotatable bonds is 2. The fourth-order valence-electron chi connectivity index (χ4n) is 3.69. The van der Waals surface area contributed by atoms with Gasteiger partial charge in [0, 0.05) is 25.2 Å². The molecule has 2 heterocycles. The Bertz CT molecular complexity index is 351. The molecule has 2 bridgehead atoms. The molecule has 2 N–H and O–H groups in total. The summed E-state index contributed by atoms with van der Waals surface area (Å²) in [4.78, 5) is 17.1. The summed E-state index contributed by atoms with van der Waals surface area (Å²) in [5, 5.41) is 0. The van der Waals surface area contributed by atoms with Crippen LogP contribution in [0.25, 0.3) is 0 Å². The summed E-state index contributed by atoms with van der Waals surface area (Å²) in [5.41, 5.74) is 5.65. The second-order valence-electron chi connectivity index (χ2n) is 6.65. The van der Waals surface area contributed by atoms with Gasteiger partial charge in [0.1, 0.15) is 0 Å². The fourth-order valence-corrected chi connectivity index (χ4v) is 3.69. The maximum atomic E-state index is 12.6. The highest BCUT2D eigenvalue weighted by atomic mass is 16.2. The van der Waals surface area contributed by atoms with Gasteiger partial charge in [0.25, 0.3) is 0 Å². The van der Waals surface area contributed by atoms with Crippen LogP contribution in [0.15, 0.2) is 0 Å². The van der Waals surface area contributed by atoms with Crippen LogP contribution in [0.5, 0.6) is 0 Å². The minimum atomic E-state index is -0.623. The molecular weight excluding hydrogens is 226 g/mol. The van der Waals surface area contributed by atoms with E-state index in [-0.39, 0.29) is 5.91 Å². The zero-order valence-corrected chi connectivity index (χ0v) is 11.6. The minimum Gasteiger partial charge on any atom is -0.339 e. The van der Waals surface area contributed by atoms with Crippen LogP contribution in [0, 0.1) is 5.92 Å². The van der Waals surface area contributed by atoms with E-state index in [4.69, 9.17) is 5.73 Å². The van der Waals surface area contributed by atoms with Gasteiger partial charge in [0.15, 0.2) is 0 Å². The van der Waals surface area contributed by atoms with Gasteiger partial charge in [-0.3, -0.25) is 9.69 Å². The van der Waals surface area contributed by atoms with E-state index in [9.17, 15) is 4.79 Å². The molecule has 4 heteroatoms. The van der Waals surface area contributed by atoms with Crippen LogP contribution >= 0.6 is 0 Å². The first-order valence-electron chi connectivity index (χ1n) is 7.30. The Morgan fingerprint density at radius 2 is 1.83 bits per heavy atom. The Labute approximate surface area is 109 Å². The SMILES string of the molecule is CN1C2CCC1CN(C(=O)C(C)(N)C1CC1)CC2. The Morgan fingerprint density at radius 1 is 1.17 bits per heavy atom. The first kappa shape index (κ1) is 12.4. The van der Waals surface area contributed by atoms with E-state index in [2.05, 4.69) is 11.9 Å². The van der Waals surface area contributed by atoms with E-state index in [0.29, 0.717) is 18.0 Å². The third kappa shape index (κ3) is 1.95. The van der Waals surface area contributed by atoms with E-state index >= 15 is 0 Å². The Morgan fingerprint density at radius 3 is 2.50 bits per heavy atom. The van der Waals surface area contributed by atoms with Gasteiger partial charge in [-0.25, -0.2) is 0 Å². The summed E-state index contributed by atoms with van der Waals surface area (Å²) >= 11 is 0. The molecule has 3 fully saturated rings. The van der Waals surface area contributed by atoms with Gasteiger partial charge < -0.3 is 10.6 Å². The number of amides is 1. The van der Waals surface area contributed by atoms with Crippen molar-refractivity contribution in [2.45, 2.75) is 56.7 Å². The topological polar surface area (TPSA) is 49.6 Å². The summed E-state index contributed by atoms with van der Waals surface area (Å²) < 4.78 is 0. The number of likely N-dealkylation sites (tertiary alicyclic amines) is 1. The van der Waals surface area contributed by atoms with E-state index in [0.717, 1.165) is 32.4 Å². The standard InChI is InChI=1S/C14H25N3O/c1-14(15,10-3-4-10)13(18)17-8-7-11-5-6-12(9-17)16(11)2/h10-12H,3-9,15H2,1-2H3. The number of nitrogens with zero attached hydrogens (tertiary/aromatic N) is 2. The second kappa shape index (κ2) is 4.20. The fraction of sp³-hybridized carbons (Fsp3) is 0.929. The van der Waals surface area contributed by atoms with Gasteiger partial charge in [0.05, 0.1) is 5.54 Å². The van der Waals surface area contributed by atoms with Gasteiger partial charge in [-0.1, -0.05) is 0 Å². The van der Waals surface area contributed by atoms with E-state index in [1.165, 1.54) is 12.8 Å². The molecule has 0 aromatic rings. The molecule has 3 aliphatic rings. The summed E-state index contributed by atoms with van der Waals surface area (Å²) in [6.45, 7) is 3.70. The van der Waals surface area contributed by atoms with Gasteiger partial charge in [0.2, 0.25) is 5.91 Å². The molecule has 1 saturated carbocycles. The zero-order chi connectivity index (χ0) is 12.9. The Kier molecular flexibility index (Phi) is 2.90. The van der Waals surface area contributed by atoms with Gasteiger partial charge in [-0.05, 0) is 52.0 Å². The van der Waals surface area contributed by atoms with Crippen LogP contribution in [0.3, 0.4) is 0 Å². The normalized spacial score (nSPS) is 36.3. The quantitative estimate of drug-likeness (QED) is 0.790. The van der Waals surface area contributed by atoms with Crippen molar-refractivity contribution in [3.63, 3.8) is 0 Å². The molecule has 1 amide bonds. The lowest BCUT2D eigenvalue weighted by molar-refractivity contribution is -0.137. The lowest BCUT2D eigenvalue weighted by atomic mass is 9.94. The minimum absolute atomic E-state index is 0.186. The van der Waals surface area contributed by atoms with E-state index < -0.39 is 5.54 Å². The van der Waals surface area contributed by atoms with Crippen molar-refractivity contribution in [1.82, 2.24) is 9.80 Å². The summed E-state index contributed by atoms with van der Waals surface area (Å²) in [7, 11) is 2.21. The Hall–Kier alpha value is -0.610. The number of carbonyl (C=O) groups excluding carboxylic acids is 1. The molecule has 3 rings (SSSR count). The van der Waals surface area contributed by atoms with Crippen LogP contribution in [-0.2, 0) is 4.79 Å². The third-order valence-corrected chi connectivity index (χ3v) is 5.32. The van der Waals surface area contributed by atoms with Crippen LogP contribution in [-0.4, -0.2) is 53.5 Å². The second-order valence-corrected chi connectivity index (χ2v) is 6.65. The number of carbonyl (C=O) groups is 1. The number of hydrogen-bond donors (Lipinski definition) is 1. The summed E-state index contributed by atoms with van der Waals surface area (Å²) in [6, 6.07) is 1.23. The lowest BCUT2D eigenvalue weighted by Crippen LogP contribution is -2.56. The van der Waals surface area contributed by atoms with Gasteiger partial charge in [-0.15, -0.1) is 0 Å². The molecule has 3 atom stereocenters. The van der Waals surface area contributed by atoms with Crippen LogP contribution in [0.4, 0.5) is 0 Å². The number of fused-ring (bicyclic) bond motifs is 2. The number of hydrogen-bond acceptors (Lipinski definition) is 3. The maximum absolute atomic E-state index is 12.6. The van der Waals surface area contributed by atoms with Crippen LogP contribution < -0.4 is 5.73 Å². The molecule has 0 spiro atoms. The van der Waals surface area contributed by atoms with Crippen molar-refractivity contribution in [1.29, 1.82) is 0 Å². The molecule has 2 saturated heterocycles. The molecule has 4 nitrogen and oxygen atoms in total. The van der Waals surface area contributed by atoms with Crippen molar-refractivity contribution in [2.24, 2.45) is 11.7 Å². The third-order valence-electron chi connectivity index (χ3n) is 5.32. The van der Waals surface area contributed by atoms with Gasteiger partial charge >= 0.3 is 0 Å². The van der Waals surface area contributed by atoms with Crippen molar-refractivity contribution in [3.8, 4) is 0 Å². The average Bonchev–Trinajstić information content (AvgIpc) is 3.08. The van der Waals surface area contributed by atoms with Crippen molar-refractivity contribution < 1.29 is 4.79 Å². The highest BCUT2D eigenvalue weighted by molar-refractivity contribution is 5.86. The predicted octanol–water partition coefficient (Wildman–Crippen LogP) is 0.809. The predicted molar refractivity (Wildman–Crippen MR) is 71.1 cm³/mol. The van der Waals surface area contributed by atoms with E-state index in [1.807, 2.05) is 11.8 Å².